The van der Waals surface area contributed by atoms with E-state index in [1.165, 1.54) is 0 Å². The van der Waals surface area contributed by atoms with Crippen molar-refractivity contribution < 1.29 is 9.47 Å². The molecule has 0 spiro atoms. The lowest BCUT2D eigenvalue weighted by molar-refractivity contribution is 0.135. The van der Waals surface area contributed by atoms with E-state index < -0.39 is 0 Å². The zero-order valence-corrected chi connectivity index (χ0v) is 15.9. The number of fused-ring (bicyclic) bond motifs is 1. The van der Waals surface area contributed by atoms with Gasteiger partial charge < -0.3 is 20.1 Å². The van der Waals surface area contributed by atoms with Gasteiger partial charge in [-0.2, -0.15) is 0 Å². The average molecular weight is 389 g/mol. The van der Waals surface area contributed by atoms with Crippen LogP contribution in [0.2, 0.25) is 5.02 Å². The minimum atomic E-state index is -0.0667. The van der Waals surface area contributed by atoms with E-state index in [0.29, 0.717) is 29.8 Å². The second kappa shape index (κ2) is 8.92. The van der Waals surface area contributed by atoms with E-state index in [1.54, 1.807) is 6.08 Å². The lowest BCUT2D eigenvalue weighted by Gasteiger charge is -2.27. The third kappa shape index (κ3) is 4.48. The van der Waals surface area contributed by atoms with E-state index in [2.05, 4.69) is 17.2 Å². The van der Waals surface area contributed by atoms with Crippen LogP contribution in [0.15, 0.2) is 55.1 Å². The molecule has 4 nitrogen and oxygen atoms in total. The predicted octanol–water partition coefficient (Wildman–Crippen LogP) is 4.39. The molecule has 0 fully saturated rings. The van der Waals surface area contributed by atoms with Crippen molar-refractivity contribution in [3.63, 3.8) is 0 Å². The van der Waals surface area contributed by atoms with Crippen LogP contribution >= 0.6 is 23.8 Å². The molecule has 1 aliphatic heterocycles. The van der Waals surface area contributed by atoms with Crippen LogP contribution in [-0.2, 0) is 6.54 Å². The summed E-state index contributed by atoms with van der Waals surface area (Å²) in [5.74, 6) is 1.62. The van der Waals surface area contributed by atoms with Crippen molar-refractivity contribution in [2.45, 2.75) is 19.1 Å². The number of hydrogen-bond acceptors (Lipinski definition) is 3. The molecule has 1 atom stereocenters. The number of nitrogens with one attached hydrogen (secondary N) is 2. The summed E-state index contributed by atoms with van der Waals surface area (Å²) in [5.41, 5.74) is 1.93. The predicted molar refractivity (Wildman–Crippen MR) is 109 cm³/mol. The number of hydrogen-bond donors (Lipinski definition) is 2. The molecule has 136 valence electrons. The Hall–Kier alpha value is -2.24. The van der Waals surface area contributed by atoms with Gasteiger partial charge >= 0.3 is 0 Å². The minimum Gasteiger partial charge on any atom is -0.493 e. The van der Waals surface area contributed by atoms with Crippen LogP contribution in [0.25, 0.3) is 0 Å². The number of para-hydroxylation sites is 1. The summed E-state index contributed by atoms with van der Waals surface area (Å²) in [6, 6.07) is 13.6. The summed E-state index contributed by atoms with van der Waals surface area (Å²) in [6.45, 7) is 5.37. The average Bonchev–Trinajstić information content (AvgIpc) is 2.66. The molecule has 6 heteroatoms. The molecule has 0 amide bonds. The van der Waals surface area contributed by atoms with E-state index in [4.69, 9.17) is 33.3 Å². The first-order valence-electron chi connectivity index (χ1n) is 8.47. The molecule has 2 aromatic carbocycles. The highest BCUT2D eigenvalue weighted by Gasteiger charge is 2.24. The summed E-state index contributed by atoms with van der Waals surface area (Å²) < 4.78 is 12.0. The lowest BCUT2D eigenvalue weighted by Crippen LogP contribution is -2.34. The molecule has 1 unspecified atom stereocenters. The maximum atomic E-state index is 6.41. The zero-order chi connectivity index (χ0) is 18.4. The second-order valence-electron chi connectivity index (χ2n) is 5.85. The Morgan fingerprint density at radius 3 is 2.96 bits per heavy atom. The third-order valence-electron chi connectivity index (χ3n) is 4.08. The topological polar surface area (TPSA) is 42.5 Å². The fourth-order valence-corrected chi connectivity index (χ4v) is 3.19. The zero-order valence-electron chi connectivity index (χ0n) is 14.3. The van der Waals surface area contributed by atoms with Gasteiger partial charge in [0.15, 0.2) is 5.11 Å². The van der Waals surface area contributed by atoms with E-state index in [-0.39, 0.29) is 6.10 Å². The molecule has 1 aliphatic rings. The minimum absolute atomic E-state index is 0.0667. The van der Waals surface area contributed by atoms with Crippen molar-refractivity contribution in [3.05, 3.63) is 71.3 Å². The highest BCUT2D eigenvalue weighted by molar-refractivity contribution is 7.80. The van der Waals surface area contributed by atoms with E-state index in [9.17, 15) is 0 Å². The van der Waals surface area contributed by atoms with Crippen molar-refractivity contribution in [1.29, 1.82) is 0 Å². The molecule has 0 saturated heterocycles. The maximum absolute atomic E-state index is 6.41. The van der Waals surface area contributed by atoms with E-state index >= 15 is 0 Å². The molecule has 2 N–H and O–H groups in total. The number of benzene rings is 2. The van der Waals surface area contributed by atoms with Crippen LogP contribution in [0.3, 0.4) is 0 Å². The highest BCUT2D eigenvalue weighted by atomic mass is 35.5. The van der Waals surface area contributed by atoms with Gasteiger partial charge in [-0.25, -0.2) is 0 Å². The smallest absolute Gasteiger partial charge is 0.166 e. The normalized spacial score (nSPS) is 15.3. The SMILES string of the molecule is C=CCNC(=S)NCc1c(Cl)cccc1OC1CCOc2ccccc21. The Morgan fingerprint density at radius 1 is 1.27 bits per heavy atom. The summed E-state index contributed by atoms with van der Waals surface area (Å²) in [7, 11) is 0. The van der Waals surface area contributed by atoms with Crippen molar-refractivity contribution >= 4 is 28.9 Å². The van der Waals surface area contributed by atoms with Crippen LogP contribution in [0.1, 0.15) is 23.7 Å². The molecule has 0 aromatic heterocycles. The maximum Gasteiger partial charge on any atom is 0.166 e. The molecule has 0 aliphatic carbocycles. The van der Waals surface area contributed by atoms with Crippen molar-refractivity contribution in [2.75, 3.05) is 13.2 Å². The van der Waals surface area contributed by atoms with Gasteiger partial charge in [-0.05, 0) is 30.4 Å². The Morgan fingerprint density at radius 2 is 2.12 bits per heavy atom. The van der Waals surface area contributed by atoms with Crippen LogP contribution in [0.5, 0.6) is 11.5 Å². The Labute approximate surface area is 164 Å². The second-order valence-corrected chi connectivity index (χ2v) is 6.67. The Bertz CT molecular complexity index is 797. The first-order valence-corrected chi connectivity index (χ1v) is 9.26. The molecule has 2 aromatic rings. The first-order chi connectivity index (χ1) is 12.7. The fourth-order valence-electron chi connectivity index (χ4n) is 2.80. The van der Waals surface area contributed by atoms with E-state index in [1.807, 2.05) is 42.5 Å². The summed E-state index contributed by atoms with van der Waals surface area (Å²) in [5, 5.41) is 7.38. The first kappa shape index (κ1) is 18.5. The van der Waals surface area contributed by atoms with Gasteiger partial charge in [0.1, 0.15) is 17.6 Å². The van der Waals surface area contributed by atoms with Gasteiger partial charge in [-0.1, -0.05) is 41.9 Å². The quantitative estimate of drug-likeness (QED) is 0.567. The summed E-state index contributed by atoms with van der Waals surface area (Å²) in [4.78, 5) is 0. The number of halogens is 1. The molecule has 3 rings (SSSR count). The molecule has 0 saturated carbocycles. The van der Waals surface area contributed by atoms with Gasteiger partial charge in [-0.15, -0.1) is 6.58 Å². The lowest BCUT2D eigenvalue weighted by atomic mass is 10.0. The van der Waals surface area contributed by atoms with Crippen LogP contribution in [0, 0.1) is 0 Å². The van der Waals surface area contributed by atoms with Crippen molar-refractivity contribution in [3.8, 4) is 11.5 Å². The van der Waals surface area contributed by atoms with Crippen molar-refractivity contribution in [1.82, 2.24) is 10.6 Å². The van der Waals surface area contributed by atoms with Gasteiger partial charge in [0.05, 0.1) is 6.61 Å². The Kier molecular flexibility index (Phi) is 6.36. The van der Waals surface area contributed by atoms with Crippen LogP contribution < -0.4 is 20.1 Å². The van der Waals surface area contributed by atoms with Gasteiger partial charge in [0.25, 0.3) is 0 Å². The largest absolute Gasteiger partial charge is 0.493 e. The monoisotopic (exact) mass is 388 g/mol. The van der Waals surface area contributed by atoms with E-state index in [0.717, 1.165) is 29.0 Å². The van der Waals surface area contributed by atoms with Crippen LogP contribution in [-0.4, -0.2) is 18.3 Å². The Balaban J connectivity index is 1.76. The number of ether oxygens (including phenoxy) is 2. The molecular formula is C20H21ClN2O2S. The standard InChI is InChI=1S/C20H21ClN2O2S/c1-2-11-22-20(26)23-13-15-16(21)7-5-9-18(15)25-19-10-12-24-17-8-4-3-6-14(17)19/h2-9,19H,1,10-13H2,(H2,22,23,26). The highest BCUT2D eigenvalue weighted by Crippen LogP contribution is 2.37. The number of thiocarbonyl (C=S) groups is 1. The van der Waals surface area contributed by atoms with Gasteiger partial charge in [-0.3, -0.25) is 0 Å². The van der Waals surface area contributed by atoms with Gasteiger partial charge in [0, 0.05) is 35.7 Å². The molecule has 26 heavy (non-hydrogen) atoms. The molecule has 0 bridgehead atoms. The van der Waals surface area contributed by atoms with Crippen LogP contribution in [0.4, 0.5) is 0 Å². The summed E-state index contributed by atoms with van der Waals surface area (Å²) >= 11 is 11.7. The fraction of sp³-hybridized carbons (Fsp3) is 0.250. The number of rotatable bonds is 6. The third-order valence-corrected chi connectivity index (χ3v) is 4.72. The molecule has 1 heterocycles. The molecule has 0 radical (unpaired) electrons. The van der Waals surface area contributed by atoms with Gasteiger partial charge in [0.2, 0.25) is 0 Å². The van der Waals surface area contributed by atoms with Crippen molar-refractivity contribution in [2.24, 2.45) is 0 Å². The summed E-state index contributed by atoms with van der Waals surface area (Å²) in [6.07, 6.45) is 2.47. The molecular weight excluding hydrogens is 368 g/mol.